The van der Waals surface area contributed by atoms with Gasteiger partial charge in [0.15, 0.2) is 0 Å². The van der Waals surface area contributed by atoms with Crippen molar-refractivity contribution in [2.75, 3.05) is 19.0 Å². The maximum Gasteiger partial charge on any atom is 0.263 e. The second kappa shape index (κ2) is 8.35. The summed E-state index contributed by atoms with van der Waals surface area (Å²) >= 11 is 1.71. The monoisotopic (exact) mass is 397 g/mol. The summed E-state index contributed by atoms with van der Waals surface area (Å²) in [5.41, 5.74) is 2.52. The highest BCUT2D eigenvalue weighted by Crippen LogP contribution is 2.34. The third-order valence-electron chi connectivity index (χ3n) is 5.39. The van der Waals surface area contributed by atoms with Crippen LogP contribution in [0.25, 0.3) is 10.2 Å². The molecule has 3 aromatic rings. The van der Waals surface area contributed by atoms with E-state index < -0.39 is 0 Å². The molecule has 0 aliphatic heterocycles. The molecule has 0 amide bonds. The predicted octanol–water partition coefficient (Wildman–Crippen LogP) is 4.41. The van der Waals surface area contributed by atoms with E-state index in [9.17, 15) is 4.79 Å². The number of thiophene rings is 1. The fourth-order valence-electron chi connectivity index (χ4n) is 4.02. The lowest BCUT2D eigenvalue weighted by Gasteiger charge is -2.15. The van der Waals surface area contributed by atoms with Crippen molar-refractivity contribution in [2.45, 2.75) is 52.0 Å². The summed E-state index contributed by atoms with van der Waals surface area (Å²) in [6.45, 7) is 3.48. The van der Waals surface area contributed by atoms with Crippen molar-refractivity contribution in [1.82, 2.24) is 9.55 Å². The summed E-state index contributed by atoms with van der Waals surface area (Å²) in [4.78, 5) is 20.4. The van der Waals surface area contributed by atoms with Crippen LogP contribution in [0, 0.1) is 0 Å². The van der Waals surface area contributed by atoms with Crippen LogP contribution in [0.1, 0.15) is 42.2 Å². The van der Waals surface area contributed by atoms with Gasteiger partial charge < -0.3 is 10.1 Å². The lowest BCUT2D eigenvalue weighted by Crippen LogP contribution is -2.26. The van der Waals surface area contributed by atoms with Crippen molar-refractivity contribution >= 4 is 27.5 Å². The standard InChI is InChI=1S/C22H27N3O2S/c1-3-14-25-21(26)19-16-9-5-7-11-18(16)28-20(19)24-22(25)23-13-12-15-8-4-6-10-17(15)27-2/h4,6,8,10H,3,5,7,9,11-14H2,1-2H3,(H,23,24). The number of fused-ring (bicyclic) bond motifs is 3. The number of para-hydroxylation sites is 1. The van der Waals surface area contributed by atoms with Crippen LogP contribution < -0.4 is 15.6 Å². The number of nitrogens with one attached hydrogen (secondary N) is 1. The Hall–Kier alpha value is -2.34. The largest absolute Gasteiger partial charge is 0.496 e. The van der Waals surface area contributed by atoms with Gasteiger partial charge in [0.05, 0.1) is 12.5 Å². The van der Waals surface area contributed by atoms with Crippen LogP contribution in [0.4, 0.5) is 5.95 Å². The van der Waals surface area contributed by atoms with Crippen LogP contribution in [-0.2, 0) is 25.8 Å². The smallest absolute Gasteiger partial charge is 0.263 e. The lowest BCUT2D eigenvalue weighted by atomic mass is 9.97. The van der Waals surface area contributed by atoms with Gasteiger partial charge >= 0.3 is 0 Å². The Morgan fingerprint density at radius 3 is 2.89 bits per heavy atom. The molecule has 28 heavy (non-hydrogen) atoms. The second-order valence-electron chi connectivity index (χ2n) is 7.27. The molecule has 148 valence electrons. The molecule has 0 radical (unpaired) electrons. The van der Waals surface area contributed by atoms with E-state index in [1.165, 1.54) is 23.3 Å². The van der Waals surface area contributed by atoms with E-state index in [0.717, 1.165) is 47.2 Å². The number of aromatic nitrogens is 2. The predicted molar refractivity (Wildman–Crippen MR) is 116 cm³/mol. The van der Waals surface area contributed by atoms with Gasteiger partial charge in [-0.05, 0) is 55.7 Å². The molecule has 0 saturated carbocycles. The molecule has 2 heterocycles. The number of ether oxygens (including phenoxy) is 1. The van der Waals surface area contributed by atoms with Gasteiger partial charge in [0.25, 0.3) is 5.56 Å². The van der Waals surface area contributed by atoms with E-state index in [4.69, 9.17) is 9.72 Å². The number of anilines is 1. The molecule has 5 nitrogen and oxygen atoms in total. The van der Waals surface area contributed by atoms with Crippen LogP contribution in [0.5, 0.6) is 5.75 Å². The molecule has 0 spiro atoms. The van der Waals surface area contributed by atoms with Gasteiger partial charge in [0.2, 0.25) is 5.95 Å². The number of rotatable bonds is 7. The Morgan fingerprint density at radius 1 is 1.25 bits per heavy atom. The molecule has 1 N–H and O–H groups in total. The molecule has 0 unspecified atom stereocenters. The zero-order valence-corrected chi connectivity index (χ0v) is 17.4. The van der Waals surface area contributed by atoms with Crippen LogP contribution in [0.2, 0.25) is 0 Å². The first-order valence-corrected chi connectivity index (χ1v) is 11.0. The molecule has 1 aliphatic rings. The van der Waals surface area contributed by atoms with Crippen molar-refractivity contribution in [3.63, 3.8) is 0 Å². The highest BCUT2D eigenvalue weighted by atomic mass is 32.1. The summed E-state index contributed by atoms with van der Waals surface area (Å²) in [5.74, 6) is 1.58. The van der Waals surface area contributed by atoms with Crippen LogP contribution in [0.3, 0.4) is 0 Å². The Kier molecular flexibility index (Phi) is 5.67. The normalized spacial score (nSPS) is 13.5. The minimum Gasteiger partial charge on any atom is -0.496 e. The van der Waals surface area contributed by atoms with Gasteiger partial charge in [-0.15, -0.1) is 11.3 Å². The summed E-state index contributed by atoms with van der Waals surface area (Å²) in [7, 11) is 1.69. The third-order valence-corrected chi connectivity index (χ3v) is 6.58. The van der Waals surface area contributed by atoms with Crippen LogP contribution >= 0.6 is 11.3 Å². The zero-order chi connectivity index (χ0) is 19.5. The third kappa shape index (κ3) is 3.53. The van der Waals surface area contributed by atoms with Crippen LogP contribution in [0.15, 0.2) is 29.1 Å². The first-order valence-electron chi connectivity index (χ1n) is 10.1. The van der Waals surface area contributed by atoms with Gasteiger partial charge in [-0.3, -0.25) is 9.36 Å². The van der Waals surface area contributed by atoms with Crippen molar-refractivity contribution in [3.8, 4) is 5.75 Å². The van der Waals surface area contributed by atoms with Crippen molar-refractivity contribution in [2.24, 2.45) is 0 Å². The average molecular weight is 398 g/mol. The van der Waals surface area contributed by atoms with E-state index in [1.54, 1.807) is 18.4 Å². The first kappa shape index (κ1) is 19.0. The summed E-state index contributed by atoms with van der Waals surface area (Å²) in [6.07, 6.45) is 6.20. The molecule has 2 aromatic heterocycles. The molecule has 0 fully saturated rings. The summed E-state index contributed by atoms with van der Waals surface area (Å²) < 4.78 is 7.26. The average Bonchev–Trinajstić information content (AvgIpc) is 3.09. The van der Waals surface area contributed by atoms with Gasteiger partial charge in [0.1, 0.15) is 10.6 Å². The minimum atomic E-state index is 0.117. The maximum atomic E-state index is 13.3. The number of aryl methyl sites for hydroxylation is 2. The number of hydrogen-bond donors (Lipinski definition) is 1. The molecule has 0 bridgehead atoms. The summed E-state index contributed by atoms with van der Waals surface area (Å²) in [6, 6.07) is 8.04. The molecular formula is C22H27N3O2S. The molecule has 0 saturated heterocycles. The Labute approximate surface area is 169 Å². The number of methoxy groups -OCH3 is 1. The second-order valence-corrected chi connectivity index (χ2v) is 8.36. The maximum absolute atomic E-state index is 13.3. The zero-order valence-electron chi connectivity index (χ0n) is 16.6. The van der Waals surface area contributed by atoms with Gasteiger partial charge in [0, 0.05) is 18.0 Å². The Morgan fingerprint density at radius 2 is 2.07 bits per heavy atom. The highest BCUT2D eigenvalue weighted by molar-refractivity contribution is 7.18. The Bertz CT molecular complexity index is 1040. The number of benzene rings is 1. The lowest BCUT2D eigenvalue weighted by molar-refractivity contribution is 0.410. The summed E-state index contributed by atoms with van der Waals surface area (Å²) in [5, 5.41) is 4.28. The number of hydrogen-bond acceptors (Lipinski definition) is 5. The fourth-order valence-corrected chi connectivity index (χ4v) is 5.27. The van der Waals surface area contributed by atoms with E-state index in [0.29, 0.717) is 19.0 Å². The molecule has 4 rings (SSSR count). The van der Waals surface area contributed by atoms with E-state index in [1.807, 2.05) is 22.8 Å². The topological polar surface area (TPSA) is 56.1 Å². The molecule has 0 atom stereocenters. The van der Waals surface area contributed by atoms with Gasteiger partial charge in [-0.2, -0.15) is 0 Å². The Balaban J connectivity index is 1.64. The molecule has 1 aliphatic carbocycles. The van der Waals surface area contributed by atoms with E-state index in [-0.39, 0.29) is 5.56 Å². The number of nitrogens with zero attached hydrogens (tertiary/aromatic N) is 2. The minimum absolute atomic E-state index is 0.117. The van der Waals surface area contributed by atoms with Crippen molar-refractivity contribution in [1.29, 1.82) is 0 Å². The van der Waals surface area contributed by atoms with Crippen molar-refractivity contribution in [3.05, 3.63) is 50.6 Å². The molecular weight excluding hydrogens is 370 g/mol. The van der Waals surface area contributed by atoms with E-state index in [2.05, 4.69) is 18.3 Å². The highest BCUT2D eigenvalue weighted by Gasteiger charge is 2.21. The fraction of sp³-hybridized carbons (Fsp3) is 0.455. The molecule has 6 heteroatoms. The molecule has 1 aromatic carbocycles. The van der Waals surface area contributed by atoms with Gasteiger partial charge in [-0.25, -0.2) is 4.98 Å². The first-order chi connectivity index (χ1) is 13.7. The van der Waals surface area contributed by atoms with Crippen LogP contribution in [-0.4, -0.2) is 23.2 Å². The van der Waals surface area contributed by atoms with Gasteiger partial charge in [-0.1, -0.05) is 25.1 Å². The van der Waals surface area contributed by atoms with Crippen molar-refractivity contribution < 1.29 is 4.74 Å². The van der Waals surface area contributed by atoms with E-state index >= 15 is 0 Å². The SMILES string of the molecule is CCCn1c(NCCc2ccccc2OC)nc2sc3c(c2c1=O)CCCC3. The quantitative estimate of drug-likeness (QED) is 0.642.